The number of tetrazole rings is 1. The van der Waals surface area contributed by atoms with Gasteiger partial charge in [-0.1, -0.05) is 64.9 Å². The highest BCUT2D eigenvalue weighted by molar-refractivity contribution is 6.10. The lowest BCUT2D eigenvalue weighted by Gasteiger charge is -2.10. The van der Waals surface area contributed by atoms with Gasteiger partial charge in [-0.25, -0.2) is 14.1 Å². The van der Waals surface area contributed by atoms with E-state index in [1.54, 1.807) is 43.4 Å². The van der Waals surface area contributed by atoms with Crippen molar-refractivity contribution < 1.29 is 18.9 Å². The number of nitrogens with zero attached hydrogens (tertiary/aromatic N) is 7. The Labute approximate surface area is 210 Å². The van der Waals surface area contributed by atoms with Crippen LogP contribution in [-0.4, -0.2) is 48.6 Å². The van der Waals surface area contributed by atoms with E-state index >= 15 is 0 Å². The zero-order valence-corrected chi connectivity index (χ0v) is 19.7. The van der Waals surface area contributed by atoms with Crippen LogP contribution >= 0.6 is 0 Å². The van der Waals surface area contributed by atoms with Gasteiger partial charge in [-0.05, 0) is 28.6 Å². The van der Waals surface area contributed by atoms with Crippen molar-refractivity contribution in [3.63, 3.8) is 0 Å². The number of oxime groups is 2. The van der Waals surface area contributed by atoms with Crippen molar-refractivity contribution in [2.75, 3.05) is 5.32 Å². The van der Waals surface area contributed by atoms with E-state index in [1.807, 2.05) is 30.3 Å². The normalized spacial score (nSPS) is 15.1. The fourth-order valence-corrected chi connectivity index (χ4v) is 3.62. The molecule has 5 rings (SSSR count). The molecular weight excluding hydrogens is 479 g/mol. The molecule has 0 saturated carbocycles. The first-order chi connectivity index (χ1) is 18.1. The zero-order valence-electron chi connectivity index (χ0n) is 19.7. The van der Waals surface area contributed by atoms with Crippen molar-refractivity contribution >= 4 is 23.1 Å². The van der Waals surface area contributed by atoms with E-state index in [2.05, 4.69) is 36.1 Å². The lowest BCUT2D eigenvalue weighted by atomic mass is 10.0. The first-order valence-electron chi connectivity index (χ1n) is 11.3. The minimum atomic E-state index is -0.894. The number of halogens is 1. The van der Waals surface area contributed by atoms with Gasteiger partial charge in [0.05, 0.1) is 11.4 Å². The Hall–Kier alpha value is -5.00. The molecule has 2 aromatic heterocycles. The first kappa shape index (κ1) is 23.7. The van der Waals surface area contributed by atoms with Crippen molar-refractivity contribution in [3.05, 3.63) is 101 Å². The molecule has 0 aliphatic carbocycles. The maximum atomic E-state index is 14.0. The van der Waals surface area contributed by atoms with E-state index in [0.29, 0.717) is 34.3 Å². The van der Waals surface area contributed by atoms with E-state index < -0.39 is 17.8 Å². The molecule has 0 radical (unpaired) electrons. The van der Waals surface area contributed by atoms with E-state index in [-0.39, 0.29) is 13.0 Å². The molecule has 0 bridgehead atoms. The van der Waals surface area contributed by atoms with Crippen molar-refractivity contribution in [3.8, 4) is 0 Å². The van der Waals surface area contributed by atoms with Crippen LogP contribution < -0.4 is 5.32 Å². The topological polar surface area (TPSA) is 129 Å². The average molecular weight is 500 g/mol. The first-order valence-corrected chi connectivity index (χ1v) is 11.3. The van der Waals surface area contributed by atoms with Crippen LogP contribution in [0.2, 0.25) is 0 Å². The zero-order chi connectivity index (χ0) is 25.6. The molecule has 3 heterocycles. The van der Waals surface area contributed by atoms with Crippen LogP contribution in [-0.2, 0) is 28.1 Å². The third kappa shape index (κ3) is 5.48. The lowest BCUT2D eigenvalue weighted by molar-refractivity contribution is -0.125. The van der Waals surface area contributed by atoms with Crippen LogP contribution in [0, 0.1) is 5.82 Å². The Kier molecular flexibility index (Phi) is 6.88. The fourth-order valence-electron chi connectivity index (χ4n) is 3.62. The summed E-state index contributed by atoms with van der Waals surface area (Å²) in [7, 11) is 1.71. The molecule has 2 aromatic carbocycles. The Morgan fingerprint density at radius 1 is 1.14 bits per heavy atom. The number of nitrogens with one attached hydrogen (secondary N) is 1. The molecule has 1 unspecified atom stereocenters. The largest absolute Gasteiger partial charge is 0.389 e. The van der Waals surface area contributed by atoms with Crippen LogP contribution in [0.4, 0.5) is 10.2 Å². The summed E-state index contributed by atoms with van der Waals surface area (Å²) in [6.45, 7) is 0.0335. The number of hydrogen-bond donors (Lipinski definition) is 1. The average Bonchev–Trinajstić information content (AvgIpc) is 3.57. The summed E-state index contributed by atoms with van der Waals surface area (Å²) in [5.41, 5.74) is 2.45. The molecule has 0 saturated heterocycles. The van der Waals surface area contributed by atoms with E-state index in [9.17, 15) is 9.18 Å². The number of amides is 1. The number of pyridine rings is 1. The van der Waals surface area contributed by atoms with E-state index in [4.69, 9.17) is 9.68 Å². The van der Waals surface area contributed by atoms with Crippen molar-refractivity contribution in [2.45, 2.75) is 19.1 Å². The SMILES string of the molecule is Cn1nnnc1C(=NOCc1cccc(NC(=O)C2CC(c3ccccc3F)=NO2)n1)c1ccccc1. The molecule has 0 fully saturated rings. The van der Waals surface area contributed by atoms with Gasteiger partial charge in [0, 0.05) is 24.6 Å². The maximum Gasteiger partial charge on any atom is 0.269 e. The molecule has 4 aromatic rings. The molecule has 1 atom stereocenters. The highest BCUT2D eigenvalue weighted by Gasteiger charge is 2.30. The van der Waals surface area contributed by atoms with Gasteiger partial charge in [-0.3, -0.25) is 4.79 Å². The van der Waals surface area contributed by atoms with Crippen LogP contribution in [0.3, 0.4) is 0 Å². The standard InChI is InChI=1S/C25H21FN8O3/c1-34-24(29-32-33-34)23(16-8-3-2-4-9-16)31-36-15-17-10-7-13-22(27-17)28-25(35)21-14-20(30-37-21)18-11-5-6-12-19(18)26/h2-13,21H,14-15H2,1H3,(H,27,28,35). The van der Waals surface area contributed by atoms with Crippen molar-refractivity contribution in [2.24, 2.45) is 17.4 Å². The molecular formula is C25H21FN8O3. The van der Waals surface area contributed by atoms with Gasteiger partial charge in [-0.2, -0.15) is 0 Å². The second-order valence-electron chi connectivity index (χ2n) is 8.02. The predicted octanol–water partition coefficient (Wildman–Crippen LogP) is 2.85. The maximum absolute atomic E-state index is 14.0. The molecule has 186 valence electrons. The van der Waals surface area contributed by atoms with Crippen molar-refractivity contribution in [1.82, 2.24) is 25.2 Å². The molecule has 1 aliphatic rings. The van der Waals surface area contributed by atoms with Crippen LogP contribution in [0.25, 0.3) is 0 Å². The van der Waals surface area contributed by atoms with Crippen molar-refractivity contribution in [1.29, 1.82) is 0 Å². The van der Waals surface area contributed by atoms with E-state index in [1.165, 1.54) is 10.7 Å². The van der Waals surface area contributed by atoms with Gasteiger partial charge in [0.25, 0.3) is 5.91 Å². The third-order valence-corrected chi connectivity index (χ3v) is 5.45. The number of benzene rings is 2. The van der Waals surface area contributed by atoms with Gasteiger partial charge < -0.3 is 15.0 Å². The Balaban J connectivity index is 1.22. The minimum absolute atomic E-state index is 0.0335. The smallest absolute Gasteiger partial charge is 0.269 e. The summed E-state index contributed by atoms with van der Waals surface area (Å²) < 4.78 is 15.5. The van der Waals surface area contributed by atoms with E-state index in [0.717, 1.165) is 5.56 Å². The number of carbonyl (C=O) groups is 1. The predicted molar refractivity (Wildman–Crippen MR) is 131 cm³/mol. The third-order valence-electron chi connectivity index (χ3n) is 5.45. The van der Waals surface area contributed by atoms with Gasteiger partial charge in [0.2, 0.25) is 11.9 Å². The number of carbonyl (C=O) groups excluding carboxylic acids is 1. The molecule has 11 nitrogen and oxygen atoms in total. The number of rotatable bonds is 8. The highest BCUT2D eigenvalue weighted by Crippen LogP contribution is 2.20. The number of aromatic nitrogens is 5. The molecule has 37 heavy (non-hydrogen) atoms. The number of aryl methyl sites for hydroxylation is 1. The molecule has 1 aliphatic heterocycles. The second kappa shape index (κ2) is 10.7. The summed E-state index contributed by atoms with van der Waals surface area (Å²) in [5.74, 6) is -0.124. The Morgan fingerprint density at radius 3 is 2.73 bits per heavy atom. The molecule has 12 heteroatoms. The minimum Gasteiger partial charge on any atom is -0.389 e. The lowest BCUT2D eigenvalue weighted by Crippen LogP contribution is -2.28. The molecule has 0 spiro atoms. The monoisotopic (exact) mass is 500 g/mol. The van der Waals surface area contributed by atoms with Crippen LogP contribution in [0.15, 0.2) is 83.1 Å². The van der Waals surface area contributed by atoms with Crippen LogP contribution in [0.1, 0.15) is 29.1 Å². The number of anilines is 1. The summed E-state index contributed by atoms with van der Waals surface area (Å²) in [6.07, 6.45) is -0.752. The van der Waals surface area contributed by atoms with Gasteiger partial charge in [-0.15, -0.1) is 5.10 Å². The van der Waals surface area contributed by atoms with Gasteiger partial charge in [0.15, 0.2) is 12.3 Å². The summed E-state index contributed by atoms with van der Waals surface area (Å²) in [5, 5.41) is 22.4. The molecule has 1 N–H and O–H groups in total. The number of hydrogen-bond acceptors (Lipinski definition) is 9. The highest BCUT2D eigenvalue weighted by atomic mass is 19.1. The second-order valence-corrected chi connectivity index (χ2v) is 8.02. The Morgan fingerprint density at radius 2 is 1.95 bits per heavy atom. The quantitative estimate of drug-likeness (QED) is 0.291. The summed E-state index contributed by atoms with van der Waals surface area (Å²) in [4.78, 5) is 27.9. The van der Waals surface area contributed by atoms with Gasteiger partial charge >= 0.3 is 0 Å². The van der Waals surface area contributed by atoms with Crippen LogP contribution in [0.5, 0.6) is 0 Å². The summed E-state index contributed by atoms with van der Waals surface area (Å²) >= 11 is 0. The molecule has 1 amide bonds. The van der Waals surface area contributed by atoms with Gasteiger partial charge in [0.1, 0.15) is 11.6 Å². The fraction of sp³-hybridized carbons (Fsp3) is 0.160. The summed E-state index contributed by atoms with van der Waals surface area (Å²) in [6, 6.07) is 20.7. The Bertz CT molecular complexity index is 1470.